The second-order valence-corrected chi connectivity index (χ2v) is 7.19. The van der Waals surface area contributed by atoms with Crippen LogP contribution in [-0.2, 0) is 16.1 Å². The number of fused-ring (bicyclic) bond motifs is 1. The SMILES string of the molecule is CCN(CC)C(=O)Cn1ccc2cc(NC(=O)/C=C/c3cncc(C(=O)NC)c3)ccc21. The van der Waals surface area contributed by atoms with Crippen molar-refractivity contribution < 1.29 is 14.4 Å². The molecule has 0 aliphatic heterocycles. The predicted octanol–water partition coefficient (Wildman–Crippen LogP) is 2.92. The second kappa shape index (κ2) is 10.4. The van der Waals surface area contributed by atoms with Crippen LogP contribution < -0.4 is 10.6 Å². The highest BCUT2D eigenvalue weighted by Crippen LogP contribution is 2.21. The number of benzene rings is 1. The summed E-state index contributed by atoms with van der Waals surface area (Å²) in [6.45, 7) is 5.58. The average Bonchev–Trinajstić information content (AvgIpc) is 3.20. The Morgan fingerprint density at radius 1 is 1.09 bits per heavy atom. The first kappa shape index (κ1) is 22.7. The van der Waals surface area contributed by atoms with Crippen LogP contribution in [0.2, 0.25) is 0 Å². The van der Waals surface area contributed by atoms with E-state index in [2.05, 4.69) is 15.6 Å². The molecule has 2 heterocycles. The monoisotopic (exact) mass is 433 g/mol. The van der Waals surface area contributed by atoms with E-state index in [1.54, 1.807) is 36.4 Å². The zero-order chi connectivity index (χ0) is 23.1. The van der Waals surface area contributed by atoms with Crippen molar-refractivity contribution in [1.82, 2.24) is 19.8 Å². The minimum atomic E-state index is -0.300. The van der Waals surface area contributed by atoms with Gasteiger partial charge in [-0.25, -0.2) is 0 Å². The summed E-state index contributed by atoms with van der Waals surface area (Å²) >= 11 is 0. The molecule has 8 nitrogen and oxygen atoms in total. The molecule has 0 fully saturated rings. The Morgan fingerprint density at radius 3 is 2.59 bits per heavy atom. The third-order valence-corrected chi connectivity index (χ3v) is 5.14. The molecule has 3 rings (SSSR count). The fourth-order valence-electron chi connectivity index (χ4n) is 3.41. The summed E-state index contributed by atoms with van der Waals surface area (Å²) in [5.74, 6) is -0.466. The third kappa shape index (κ3) is 5.40. The maximum Gasteiger partial charge on any atom is 0.252 e. The number of nitrogens with one attached hydrogen (secondary N) is 2. The van der Waals surface area contributed by atoms with Crippen LogP contribution in [0, 0.1) is 0 Å². The molecule has 0 atom stereocenters. The molecule has 0 bridgehead atoms. The molecule has 0 aliphatic carbocycles. The van der Waals surface area contributed by atoms with Crippen LogP contribution in [0.5, 0.6) is 0 Å². The summed E-state index contributed by atoms with van der Waals surface area (Å²) < 4.78 is 1.91. The highest BCUT2D eigenvalue weighted by Gasteiger charge is 2.12. The van der Waals surface area contributed by atoms with Crippen LogP contribution in [0.3, 0.4) is 0 Å². The highest BCUT2D eigenvalue weighted by atomic mass is 16.2. The van der Waals surface area contributed by atoms with E-state index in [4.69, 9.17) is 0 Å². The van der Waals surface area contributed by atoms with Crippen LogP contribution in [0.4, 0.5) is 5.69 Å². The number of amides is 3. The Labute approximate surface area is 186 Å². The lowest BCUT2D eigenvalue weighted by Gasteiger charge is -2.19. The molecule has 0 spiro atoms. The van der Waals surface area contributed by atoms with Gasteiger partial charge < -0.3 is 20.1 Å². The molecule has 1 aromatic carbocycles. The zero-order valence-electron chi connectivity index (χ0n) is 18.5. The van der Waals surface area contributed by atoms with Gasteiger partial charge in [0.25, 0.3) is 5.91 Å². The number of hydrogen-bond acceptors (Lipinski definition) is 4. The Hall–Kier alpha value is -3.94. The van der Waals surface area contributed by atoms with Crippen LogP contribution in [0.15, 0.2) is 55.0 Å². The molecule has 8 heteroatoms. The van der Waals surface area contributed by atoms with Crippen molar-refractivity contribution >= 4 is 40.4 Å². The van der Waals surface area contributed by atoms with Crippen molar-refractivity contribution in [2.75, 3.05) is 25.5 Å². The summed E-state index contributed by atoms with van der Waals surface area (Å²) in [6, 6.07) is 9.14. The largest absolute Gasteiger partial charge is 0.355 e. The lowest BCUT2D eigenvalue weighted by molar-refractivity contribution is -0.131. The topological polar surface area (TPSA) is 96.3 Å². The van der Waals surface area contributed by atoms with Crippen LogP contribution in [0.1, 0.15) is 29.8 Å². The molecule has 2 N–H and O–H groups in total. The molecule has 166 valence electrons. The van der Waals surface area contributed by atoms with E-state index < -0.39 is 0 Å². The number of pyridine rings is 1. The molecule has 0 radical (unpaired) electrons. The van der Waals surface area contributed by atoms with Gasteiger partial charge in [0.2, 0.25) is 11.8 Å². The van der Waals surface area contributed by atoms with Crippen molar-refractivity contribution in [2.45, 2.75) is 20.4 Å². The van der Waals surface area contributed by atoms with Gasteiger partial charge in [-0.05, 0) is 55.8 Å². The number of carbonyl (C=O) groups excluding carboxylic acids is 3. The minimum Gasteiger partial charge on any atom is -0.355 e. The summed E-state index contributed by atoms with van der Waals surface area (Å²) in [7, 11) is 1.55. The first-order valence-corrected chi connectivity index (χ1v) is 10.5. The first-order chi connectivity index (χ1) is 15.4. The molecule has 0 saturated heterocycles. The van der Waals surface area contributed by atoms with Crippen LogP contribution in [0.25, 0.3) is 17.0 Å². The van der Waals surface area contributed by atoms with Gasteiger partial charge >= 0.3 is 0 Å². The van der Waals surface area contributed by atoms with Crippen molar-refractivity contribution in [3.63, 3.8) is 0 Å². The summed E-state index contributed by atoms with van der Waals surface area (Å²) in [6.07, 6.45) is 7.91. The first-order valence-electron chi connectivity index (χ1n) is 10.5. The number of hydrogen-bond donors (Lipinski definition) is 2. The minimum absolute atomic E-state index is 0.0741. The van der Waals surface area contributed by atoms with Gasteiger partial charge in [0.05, 0.1) is 5.56 Å². The predicted molar refractivity (Wildman–Crippen MR) is 125 cm³/mol. The standard InChI is InChI=1S/C24H27N5O3/c1-4-28(5-2)23(31)16-29-11-10-18-13-20(7-8-21(18)29)27-22(30)9-6-17-12-19(15-26-14-17)24(32)25-3/h6-15H,4-5,16H2,1-3H3,(H,25,32)(H,27,30)/b9-6+. The zero-order valence-corrected chi connectivity index (χ0v) is 18.5. The van der Waals surface area contributed by atoms with E-state index in [0.717, 1.165) is 10.9 Å². The number of likely N-dealkylation sites (N-methyl/N-ethyl adjacent to an activating group) is 1. The molecule has 0 saturated carbocycles. The van der Waals surface area contributed by atoms with Gasteiger partial charge in [0, 0.05) is 61.4 Å². The highest BCUT2D eigenvalue weighted by molar-refractivity contribution is 6.03. The smallest absolute Gasteiger partial charge is 0.252 e. The number of aromatic nitrogens is 2. The summed E-state index contributed by atoms with van der Waals surface area (Å²) in [5.41, 5.74) is 2.64. The Kier molecular flexibility index (Phi) is 7.38. The number of anilines is 1. The maximum absolute atomic E-state index is 12.4. The molecule has 0 unspecified atom stereocenters. The number of rotatable bonds is 8. The summed E-state index contributed by atoms with van der Waals surface area (Å²) in [4.78, 5) is 42.3. The van der Waals surface area contributed by atoms with Crippen LogP contribution >= 0.6 is 0 Å². The van der Waals surface area contributed by atoms with E-state index >= 15 is 0 Å². The van der Waals surface area contributed by atoms with Gasteiger partial charge in [-0.1, -0.05) is 0 Å². The van der Waals surface area contributed by atoms with Crippen molar-refractivity contribution in [3.8, 4) is 0 Å². The average molecular weight is 434 g/mol. The molecule has 3 aromatic rings. The lowest BCUT2D eigenvalue weighted by atomic mass is 10.2. The van der Waals surface area contributed by atoms with Crippen molar-refractivity contribution in [1.29, 1.82) is 0 Å². The molecule has 0 aliphatic rings. The van der Waals surface area contributed by atoms with Crippen LogP contribution in [-0.4, -0.2) is 52.3 Å². The Bertz CT molecular complexity index is 1160. The van der Waals surface area contributed by atoms with Gasteiger partial charge in [-0.15, -0.1) is 0 Å². The molecule has 3 amide bonds. The summed E-state index contributed by atoms with van der Waals surface area (Å²) in [5, 5.41) is 6.30. The van der Waals surface area contributed by atoms with E-state index in [0.29, 0.717) is 29.9 Å². The van der Waals surface area contributed by atoms with Gasteiger partial charge in [0.1, 0.15) is 6.54 Å². The molecule has 2 aromatic heterocycles. The third-order valence-electron chi connectivity index (χ3n) is 5.14. The van der Waals surface area contributed by atoms with E-state index in [1.807, 2.05) is 42.8 Å². The fraction of sp³-hybridized carbons (Fsp3) is 0.250. The molecular formula is C24H27N5O3. The fourth-order valence-corrected chi connectivity index (χ4v) is 3.41. The number of nitrogens with zero attached hydrogens (tertiary/aromatic N) is 3. The van der Waals surface area contributed by atoms with Gasteiger partial charge in [-0.3, -0.25) is 19.4 Å². The molecular weight excluding hydrogens is 406 g/mol. The Balaban J connectivity index is 1.68. The molecule has 32 heavy (non-hydrogen) atoms. The van der Waals surface area contributed by atoms with Gasteiger partial charge in [0.15, 0.2) is 0 Å². The quantitative estimate of drug-likeness (QED) is 0.534. The van der Waals surface area contributed by atoms with E-state index in [1.165, 1.54) is 12.3 Å². The number of carbonyl (C=O) groups is 3. The van der Waals surface area contributed by atoms with E-state index in [9.17, 15) is 14.4 Å². The maximum atomic E-state index is 12.4. The van der Waals surface area contributed by atoms with Crippen molar-refractivity contribution in [2.24, 2.45) is 0 Å². The normalized spacial score (nSPS) is 11.0. The lowest BCUT2D eigenvalue weighted by Crippen LogP contribution is -2.33. The van der Waals surface area contributed by atoms with E-state index in [-0.39, 0.29) is 24.3 Å². The van der Waals surface area contributed by atoms with Gasteiger partial charge in [-0.2, -0.15) is 0 Å². The Morgan fingerprint density at radius 2 is 1.88 bits per heavy atom. The second-order valence-electron chi connectivity index (χ2n) is 7.19. The van der Waals surface area contributed by atoms with Crippen molar-refractivity contribution in [3.05, 3.63) is 66.1 Å².